The third-order valence-corrected chi connectivity index (χ3v) is 5.63. The molecule has 23 heavy (non-hydrogen) atoms. The minimum absolute atomic E-state index is 0.124. The van der Waals surface area contributed by atoms with Crippen LogP contribution in [0.4, 0.5) is 0 Å². The molecule has 1 unspecified atom stereocenters. The van der Waals surface area contributed by atoms with Gasteiger partial charge in [-0.05, 0) is 39.7 Å². The summed E-state index contributed by atoms with van der Waals surface area (Å²) in [5.41, 5.74) is 0. The van der Waals surface area contributed by atoms with E-state index < -0.39 is 12.0 Å². The second-order valence-corrected chi connectivity index (χ2v) is 7.31. The zero-order chi connectivity index (χ0) is 16.8. The third kappa shape index (κ3) is 4.93. The lowest BCUT2D eigenvalue weighted by Crippen LogP contribution is -2.53. The van der Waals surface area contributed by atoms with E-state index in [0.717, 1.165) is 25.7 Å². The van der Waals surface area contributed by atoms with Gasteiger partial charge < -0.3 is 10.0 Å². The molecule has 5 heteroatoms. The molecule has 0 bridgehead atoms. The van der Waals surface area contributed by atoms with Crippen molar-refractivity contribution >= 4 is 11.9 Å². The first kappa shape index (κ1) is 18.2. The van der Waals surface area contributed by atoms with Crippen LogP contribution in [-0.4, -0.2) is 58.5 Å². The Labute approximate surface area is 140 Å². The monoisotopic (exact) mass is 324 g/mol. The van der Waals surface area contributed by atoms with Crippen molar-refractivity contribution in [3.05, 3.63) is 0 Å². The fourth-order valence-electron chi connectivity index (χ4n) is 4.04. The highest BCUT2D eigenvalue weighted by Crippen LogP contribution is 2.30. The van der Waals surface area contributed by atoms with Crippen LogP contribution in [0.5, 0.6) is 0 Å². The molecule has 2 fully saturated rings. The van der Waals surface area contributed by atoms with Crippen molar-refractivity contribution in [2.75, 3.05) is 13.6 Å². The number of aliphatic carboxylic acids is 1. The maximum Gasteiger partial charge on any atom is 0.320 e. The van der Waals surface area contributed by atoms with Crippen LogP contribution in [-0.2, 0) is 9.59 Å². The number of hydrogen-bond donors (Lipinski definition) is 1. The Hall–Kier alpha value is -1.10. The molecule has 2 aliphatic carbocycles. The molecule has 2 rings (SSSR count). The van der Waals surface area contributed by atoms with Crippen LogP contribution in [0.25, 0.3) is 0 Å². The summed E-state index contributed by atoms with van der Waals surface area (Å²) in [6.45, 7) is 1.85. The number of carbonyl (C=O) groups excluding carboxylic acids is 1. The number of carboxylic acids is 1. The highest BCUT2D eigenvalue weighted by atomic mass is 16.4. The van der Waals surface area contributed by atoms with E-state index >= 15 is 0 Å². The van der Waals surface area contributed by atoms with Gasteiger partial charge in [0, 0.05) is 12.1 Å². The average Bonchev–Trinajstić information content (AvgIpc) is 2.56. The predicted molar refractivity (Wildman–Crippen MR) is 90.3 cm³/mol. The van der Waals surface area contributed by atoms with Crippen LogP contribution >= 0.6 is 0 Å². The van der Waals surface area contributed by atoms with Crippen molar-refractivity contribution in [2.45, 2.75) is 89.3 Å². The standard InChI is InChI=1S/C18H32N2O3/c1-14(18(22)23)19(2)13-17(21)20(15-9-5-3-6-10-15)16-11-7-4-8-12-16/h14-16H,3-13H2,1-2H3,(H,22,23). The largest absolute Gasteiger partial charge is 0.480 e. The number of rotatable bonds is 6. The Morgan fingerprint density at radius 3 is 1.78 bits per heavy atom. The molecule has 0 aromatic rings. The van der Waals surface area contributed by atoms with Crippen molar-refractivity contribution < 1.29 is 14.7 Å². The summed E-state index contributed by atoms with van der Waals surface area (Å²) in [7, 11) is 1.73. The summed E-state index contributed by atoms with van der Waals surface area (Å²) in [4.78, 5) is 27.9. The van der Waals surface area contributed by atoms with Crippen LogP contribution in [0.1, 0.15) is 71.1 Å². The molecule has 0 spiro atoms. The molecular weight excluding hydrogens is 292 g/mol. The topological polar surface area (TPSA) is 60.9 Å². The Morgan fingerprint density at radius 1 is 0.957 bits per heavy atom. The van der Waals surface area contributed by atoms with Gasteiger partial charge in [-0.3, -0.25) is 14.5 Å². The second-order valence-electron chi connectivity index (χ2n) is 7.31. The first-order chi connectivity index (χ1) is 11.0. The smallest absolute Gasteiger partial charge is 0.320 e. The van der Waals surface area contributed by atoms with Gasteiger partial charge in [-0.2, -0.15) is 0 Å². The van der Waals surface area contributed by atoms with Crippen molar-refractivity contribution in [1.29, 1.82) is 0 Å². The predicted octanol–water partition coefficient (Wildman–Crippen LogP) is 2.89. The molecule has 5 nitrogen and oxygen atoms in total. The molecule has 2 saturated carbocycles. The molecule has 0 aliphatic heterocycles. The SMILES string of the molecule is CC(C(=O)O)N(C)CC(=O)N(C1CCCCC1)C1CCCCC1. The Kier molecular flexibility index (Phi) is 6.88. The molecule has 0 aromatic heterocycles. The molecule has 0 aromatic carbocycles. The molecule has 2 aliphatic rings. The molecule has 0 saturated heterocycles. The zero-order valence-corrected chi connectivity index (χ0v) is 14.7. The van der Waals surface area contributed by atoms with E-state index in [4.69, 9.17) is 5.11 Å². The highest BCUT2D eigenvalue weighted by Gasteiger charge is 2.33. The van der Waals surface area contributed by atoms with Gasteiger partial charge in [0.2, 0.25) is 5.91 Å². The van der Waals surface area contributed by atoms with Crippen molar-refractivity contribution in [2.24, 2.45) is 0 Å². The number of carbonyl (C=O) groups is 2. The Bertz CT molecular complexity index is 383. The molecule has 0 radical (unpaired) electrons. The van der Waals surface area contributed by atoms with E-state index in [1.165, 1.54) is 38.5 Å². The van der Waals surface area contributed by atoms with E-state index in [9.17, 15) is 9.59 Å². The van der Waals surface area contributed by atoms with Gasteiger partial charge in [0.15, 0.2) is 0 Å². The van der Waals surface area contributed by atoms with Gasteiger partial charge in [-0.1, -0.05) is 38.5 Å². The first-order valence-electron chi connectivity index (χ1n) is 9.25. The summed E-state index contributed by atoms with van der Waals surface area (Å²) in [5, 5.41) is 9.13. The Morgan fingerprint density at radius 2 is 1.39 bits per heavy atom. The fourth-order valence-corrected chi connectivity index (χ4v) is 4.04. The third-order valence-electron chi connectivity index (χ3n) is 5.63. The minimum atomic E-state index is -0.873. The number of amides is 1. The number of hydrogen-bond acceptors (Lipinski definition) is 3. The normalized spacial score (nSPS) is 22.0. The molecule has 0 heterocycles. The zero-order valence-electron chi connectivity index (χ0n) is 14.7. The summed E-state index contributed by atoms with van der Waals surface area (Å²) in [6, 6.07) is 0.110. The van der Waals surface area contributed by atoms with Crippen LogP contribution in [0.2, 0.25) is 0 Å². The summed E-state index contributed by atoms with van der Waals surface area (Å²) in [5.74, 6) is -0.749. The maximum absolute atomic E-state index is 13.0. The number of carboxylic acid groups (broad SMARTS) is 1. The molecule has 1 amide bonds. The quantitative estimate of drug-likeness (QED) is 0.816. The lowest BCUT2D eigenvalue weighted by molar-refractivity contribution is -0.145. The Balaban J connectivity index is 2.05. The molecule has 132 valence electrons. The van der Waals surface area contributed by atoms with Crippen LogP contribution in [0, 0.1) is 0 Å². The van der Waals surface area contributed by atoms with E-state index in [2.05, 4.69) is 4.90 Å². The summed E-state index contributed by atoms with van der Waals surface area (Å²) in [6.07, 6.45) is 11.8. The lowest BCUT2D eigenvalue weighted by atomic mass is 9.88. The summed E-state index contributed by atoms with van der Waals surface area (Å²) >= 11 is 0. The van der Waals surface area contributed by atoms with Gasteiger partial charge in [-0.15, -0.1) is 0 Å². The maximum atomic E-state index is 13.0. The van der Waals surface area contributed by atoms with Crippen molar-refractivity contribution in [3.8, 4) is 0 Å². The van der Waals surface area contributed by atoms with Gasteiger partial charge in [0.25, 0.3) is 0 Å². The van der Waals surface area contributed by atoms with Crippen molar-refractivity contribution in [1.82, 2.24) is 9.80 Å². The van der Waals surface area contributed by atoms with E-state index in [0.29, 0.717) is 12.1 Å². The minimum Gasteiger partial charge on any atom is -0.480 e. The fraction of sp³-hybridized carbons (Fsp3) is 0.889. The molecule has 1 N–H and O–H groups in total. The van der Waals surface area contributed by atoms with E-state index in [1.807, 2.05) is 0 Å². The summed E-state index contributed by atoms with van der Waals surface area (Å²) < 4.78 is 0. The molecular formula is C18H32N2O3. The van der Waals surface area contributed by atoms with Gasteiger partial charge in [0.05, 0.1) is 6.54 Å². The molecule has 1 atom stereocenters. The van der Waals surface area contributed by atoms with E-state index in [1.54, 1.807) is 18.9 Å². The number of nitrogens with zero attached hydrogens (tertiary/aromatic N) is 2. The van der Waals surface area contributed by atoms with E-state index in [-0.39, 0.29) is 12.5 Å². The van der Waals surface area contributed by atoms with Gasteiger partial charge in [-0.25, -0.2) is 0 Å². The highest BCUT2D eigenvalue weighted by molar-refractivity contribution is 5.80. The lowest BCUT2D eigenvalue weighted by Gasteiger charge is -2.42. The average molecular weight is 324 g/mol. The first-order valence-corrected chi connectivity index (χ1v) is 9.25. The van der Waals surface area contributed by atoms with Crippen LogP contribution < -0.4 is 0 Å². The van der Waals surface area contributed by atoms with Crippen molar-refractivity contribution in [3.63, 3.8) is 0 Å². The number of likely N-dealkylation sites (N-methyl/N-ethyl adjacent to an activating group) is 1. The van der Waals surface area contributed by atoms with Gasteiger partial charge in [0.1, 0.15) is 6.04 Å². The second kappa shape index (κ2) is 8.67. The van der Waals surface area contributed by atoms with Gasteiger partial charge >= 0.3 is 5.97 Å². The van der Waals surface area contributed by atoms with Crippen LogP contribution in [0.15, 0.2) is 0 Å². The van der Waals surface area contributed by atoms with Crippen LogP contribution in [0.3, 0.4) is 0 Å².